The molecule has 2 aromatic rings. The van der Waals surface area contributed by atoms with E-state index in [9.17, 15) is 34.3 Å². The van der Waals surface area contributed by atoms with Gasteiger partial charge in [0.2, 0.25) is 6.10 Å². The molecule has 0 fully saturated rings. The fraction of sp³-hybridized carbons (Fsp3) is 0.130. The molecule has 2 rings (SSSR count). The smallest absolute Gasteiger partial charge is 0.331 e. The van der Waals surface area contributed by atoms with Crippen molar-refractivity contribution in [1.82, 2.24) is 0 Å². The van der Waals surface area contributed by atoms with Crippen LogP contribution in [-0.4, -0.2) is 51.3 Å². The average molecular weight is 469 g/mol. The van der Waals surface area contributed by atoms with Crippen molar-refractivity contribution >= 4 is 36.0 Å². The van der Waals surface area contributed by atoms with Crippen molar-refractivity contribution in [2.45, 2.75) is 18.6 Å². The van der Waals surface area contributed by atoms with Gasteiger partial charge in [-0.25, -0.2) is 9.59 Å². The number of nitrogens with zero attached hydrogens (tertiary/aromatic N) is 1. The minimum absolute atomic E-state index is 0.000217. The molecule has 0 saturated heterocycles. The van der Waals surface area contributed by atoms with E-state index in [4.69, 9.17) is 14.6 Å². The van der Waals surface area contributed by atoms with Gasteiger partial charge >= 0.3 is 23.8 Å². The summed E-state index contributed by atoms with van der Waals surface area (Å²) in [6, 6.07) is 11.4. The maximum absolute atomic E-state index is 12.2. The standard InChI is InChI=1S/C23H19NO10/c25-16-7-1-14(2-8-16)5-11-20(29)33-18(13-19(27)28)22(23(31)24-32)34-21(30)12-6-15-3-9-17(26)10-4-15/h1-12,18,22,25-26H,13H2,(H,27,28)/b11-5+,12-6+/t18-,22+/m0/s1. The lowest BCUT2D eigenvalue weighted by atomic mass is 10.1. The first-order valence-corrected chi connectivity index (χ1v) is 9.62. The number of aliphatic carboxylic acids is 1. The Labute approximate surface area is 192 Å². The summed E-state index contributed by atoms with van der Waals surface area (Å²) in [6.45, 7) is 0. The van der Waals surface area contributed by atoms with E-state index < -0.39 is 42.4 Å². The number of amides is 1. The van der Waals surface area contributed by atoms with Gasteiger partial charge in [-0.1, -0.05) is 24.3 Å². The monoisotopic (exact) mass is 469 g/mol. The minimum atomic E-state index is -2.10. The maximum Gasteiger partial charge on any atom is 0.331 e. The van der Waals surface area contributed by atoms with E-state index in [1.54, 1.807) is 0 Å². The fourth-order valence-corrected chi connectivity index (χ4v) is 2.57. The lowest BCUT2D eigenvalue weighted by Gasteiger charge is -2.21. The van der Waals surface area contributed by atoms with Crippen molar-refractivity contribution < 1.29 is 44.0 Å². The molecule has 0 aliphatic rings. The topological polar surface area (TPSA) is 177 Å². The van der Waals surface area contributed by atoms with Crippen molar-refractivity contribution in [3.63, 3.8) is 0 Å². The Morgan fingerprint density at radius 3 is 1.65 bits per heavy atom. The van der Waals surface area contributed by atoms with Crippen LogP contribution in [-0.2, 0) is 28.7 Å². The number of nitroso groups, excluding NO2 is 1. The summed E-state index contributed by atoms with van der Waals surface area (Å²) in [6.07, 6.45) is -0.523. The number of benzene rings is 2. The van der Waals surface area contributed by atoms with Crippen LogP contribution in [0, 0.1) is 4.91 Å². The first-order chi connectivity index (χ1) is 16.2. The Hall–Kier alpha value is -4.80. The zero-order chi connectivity index (χ0) is 25.1. The number of carboxylic acids is 1. The van der Waals surface area contributed by atoms with Crippen molar-refractivity contribution in [3.05, 3.63) is 76.7 Å². The number of phenols is 2. The zero-order valence-corrected chi connectivity index (χ0v) is 17.4. The van der Waals surface area contributed by atoms with Crippen LogP contribution >= 0.6 is 0 Å². The van der Waals surface area contributed by atoms with Crippen LogP contribution in [0.25, 0.3) is 12.2 Å². The van der Waals surface area contributed by atoms with Gasteiger partial charge in [0.05, 0.1) is 6.42 Å². The van der Waals surface area contributed by atoms with Crippen LogP contribution < -0.4 is 0 Å². The molecule has 2 aromatic carbocycles. The number of hydrogen-bond acceptors (Lipinski definition) is 9. The second-order valence-corrected chi connectivity index (χ2v) is 6.71. The Bertz CT molecular complexity index is 1100. The fourth-order valence-electron chi connectivity index (χ4n) is 2.57. The number of esters is 2. The third kappa shape index (κ3) is 8.38. The minimum Gasteiger partial charge on any atom is -0.508 e. The predicted octanol–water partition coefficient (Wildman–Crippen LogP) is 2.42. The Morgan fingerprint density at radius 2 is 1.24 bits per heavy atom. The lowest BCUT2D eigenvalue weighted by molar-refractivity contribution is -0.169. The number of aromatic hydroxyl groups is 2. The Morgan fingerprint density at radius 1 is 0.794 bits per heavy atom. The number of phenolic OH excluding ortho intramolecular Hbond substituents is 2. The molecule has 0 heterocycles. The summed E-state index contributed by atoms with van der Waals surface area (Å²) in [5.74, 6) is -5.27. The summed E-state index contributed by atoms with van der Waals surface area (Å²) in [5, 5.41) is 29.8. The van der Waals surface area contributed by atoms with Crippen molar-refractivity contribution in [3.8, 4) is 11.5 Å². The van der Waals surface area contributed by atoms with Crippen LogP contribution in [0.5, 0.6) is 11.5 Å². The van der Waals surface area contributed by atoms with Gasteiger partial charge in [0, 0.05) is 17.3 Å². The number of ether oxygens (including phenoxy) is 2. The highest BCUT2D eigenvalue weighted by Gasteiger charge is 2.37. The molecular formula is C23H19NO10. The molecule has 3 N–H and O–H groups in total. The summed E-state index contributed by atoms with van der Waals surface area (Å²) >= 11 is 0. The molecule has 0 aliphatic heterocycles. The van der Waals surface area contributed by atoms with Crippen molar-refractivity contribution in [1.29, 1.82) is 0 Å². The molecule has 11 nitrogen and oxygen atoms in total. The predicted molar refractivity (Wildman–Crippen MR) is 117 cm³/mol. The molecule has 1 amide bonds. The number of carbonyl (C=O) groups is 4. The number of hydrogen-bond donors (Lipinski definition) is 3. The molecule has 0 aromatic heterocycles. The van der Waals surface area contributed by atoms with E-state index in [-0.39, 0.29) is 11.5 Å². The van der Waals surface area contributed by atoms with Gasteiger partial charge in [0.1, 0.15) is 11.5 Å². The van der Waals surface area contributed by atoms with E-state index in [1.165, 1.54) is 60.7 Å². The van der Waals surface area contributed by atoms with Gasteiger partial charge in [-0.15, -0.1) is 4.91 Å². The van der Waals surface area contributed by atoms with Crippen LogP contribution in [0.4, 0.5) is 0 Å². The Kier molecular flexibility index (Phi) is 9.20. The molecule has 0 radical (unpaired) electrons. The third-order valence-electron chi connectivity index (χ3n) is 4.17. The van der Waals surface area contributed by atoms with E-state index in [2.05, 4.69) is 5.18 Å². The molecule has 0 saturated carbocycles. The molecule has 0 aliphatic carbocycles. The molecular weight excluding hydrogens is 450 g/mol. The molecule has 0 unspecified atom stereocenters. The third-order valence-corrected chi connectivity index (χ3v) is 4.17. The zero-order valence-electron chi connectivity index (χ0n) is 17.4. The summed E-state index contributed by atoms with van der Waals surface area (Å²) in [7, 11) is 0. The highest BCUT2D eigenvalue weighted by Crippen LogP contribution is 2.15. The van der Waals surface area contributed by atoms with Gasteiger partial charge in [0.15, 0.2) is 6.10 Å². The second kappa shape index (κ2) is 12.3. The largest absolute Gasteiger partial charge is 0.508 e. The Balaban J connectivity index is 2.15. The van der Waals surface area contributed by atoms with Gasteiger partial charge in [-0.2, -0.15) is 0 Å². The van der Waals surface area contributed by atoms with Crippen LogP contribution in [0.1, 0.15) is 17.5 Å². The normalized spacial score (nSPS) is 12.7. The number of rotatable bonds is 10. The van der Waals surface area contributed by atoms with E-state index in [0.717, 1.165) is 12.2 Å². The second-order valence-electron chi connectivity index (χ2n) is 6.71. The number of carboxylic acid groups (broad SMARTS) is 1. The summed E-state index contributed by atoms with van der Waals surface area (Å²) < 4.78 is 9.84. The van der Waals surface area contributed by atoms with Gasteiger partial charge in [-0.3, -0.25) is 9.59 Å². The van der Waals surface area contributed by atoms with Crippen LogP contribution in [0.2, 0.25) is 0 Å². The van der Waals surface area contributed by atoms with Gasteiger partial charge in [0.25, 0.3) is 0 Å². The van der Waals surface area contributed by atoms with E-state index in [0.29, 0.717) is 11.1 Å². The first kappa shape index (κ1) is 25.5. The first-order valence-electron chi connectivity index (χ1n) is 9.62. The molecule has 0 spiro atoms. The molecule has 0 bridgehead atoms. The molecule has 176 valence electrons. The van der Waals surface area contributed by atoms with Gasteiger partial charge in [-0.05, 0) is 47.5 Å². The van der Waals surface area contributed by atoms with Crippen molar-refractivity contribution in [2.24, 2.45) is 5.18 Å². The quantitative estimate of drug-likeness (QED) is 0.266. The lowest BCUT2D eigenvalue weighted by Crippen LogP contribution is -2.41. The van der Waals surface area contributed by atoms with Crippen LogP contribution in [0.3, 0.4) is 0 Å². The van der Waals surface area contributed by atoms with E-state index in [1.807, 2.05) is 0 Å². The SMILES string of the molecule is O=NC(=O)[C@H](OC(=O)/C=C/c1ccc(O)cc1)[C@H](CC(=O)O)OC(=O)/C=C/c1ccc(O)cc1. The molecule has 2 atom stereocenters. The van der Waals surface area contributed by atoms with Crippen molar-refractivity contribution in [2.75, 3.05) is 0 Å². The maximum atomic E-state index is 12.2. The summed E-state index contributed by atoms with van der Waals surface area (Å²) in [5.41, 5.74) is 0.983. The van der Waals surface area contributed by atoms with E-state index >= 15 is 0 Å². The van der Waals surface area contributed by atoms with Crippen LogP contribution in [0.15, 0.2) is 65.9 Å². The molecule has 11 heteroatoms. The highest BCUT2D eigenvalue weighted by atomic mass is 16.6. The number of carbonyl (C=O) groups excluding carboxylic acids is 3. The average Bonchev–Trinajstić information content (AvgIpc) is 2.80. The summed E-state index contributed by atoms with van der Waals surface area (Å²) in [4.78, 5) is 58.3. The van der Waals surface area contributed by atoms with Gasteiger partial charge < -0.3 is 24.8 Å². The molecule has 34 heavy (non-hydrogen) atoms. The highest BCUT2D eigenvalue weighted by molar-refractivity contribution is 5.92.